The zero-order valence-electron chi connectivity index (χ0n) is 28.9. The molecular formula is C37H58NO5PSi. The van der Waals surface area contributed by atoms with E-state index in [1.807, 2.05) is 6.92 Å². The Balaban J connectivity index is 1.50. The second-order valence-corrected chi connectivity index (χ2v) is 21.9. The maximum absolute atomic E-state index is 12.5. The topological polar surface area (TPSA) is 57.2 Å². The monoisotopic (exact) mass is 655 g/mol. The quantitative estimate of drug-likeness (QED) is 0.108. The molecule has 250 valence electrons. The highest BCUT2D eigenvalue weighted by molar-refractivity contribution is 7.58. The van der Waals surface area contributed by atoms with Crippen molar-refractivity contribution in [1.82, 2.24) is 4.90 Å². The first kappa shape index (κ1) is 36.3. The summed E-state index contributed by atoms with van der Waals surface area (Å²) in [7, 11) is -4.50. The Labute approximate surface area is 274 Å². The number of nitrogens with zero attached hydrogens (tertiary/aromatic N) is 1. The van der Waals surface area contributed by atoms with Crippen molar-refractivity contribution < 1.29 is 23.0 Å². The molecular weight excluding hydrogens is 597 g/mol. The number of hydrogen-bond donors (Lipinski definition) is 0. The highest BCUT2D eigenvalue weighted by Crippen LogP contribution is 2.45. The number of morpholine rings is 1. The standard InChI is InChI=1S/C37H58NO5PSi/c1-8-42-44(5,39)27-15-10-9-14-18-33-34(41-29-30-19-21-32(22-20-30)31-16-12-11-13-17-31)28-35(43-45(6,7)37(2,3)4)36(33)38-23-25-40-26-24-38/h9-13,16-17,19-22,33-36H,8,14-15,18,23-29H2,1-7H3/b10-9+. The van der Waals surface area contributed by atoms with E-state index in [0.717, 1.165) is 52.0 Å². The second kappa shape index (κ2) is 16.5. The van der Waals surface area contributed by atoms with Gasteiger partial charge in [-0.25, -0.2) is 0 Å². The Bertz CT molecular complexity index is 1240. The van der Waals surface area contributed by atoms with Gasteiger partial charge in [0, 0.05) is 44.3 Å². The molecule has 0 aromatic heterocycles. The van der Waals surface area contributed by atoms with Crippen LogP contribution in [-0.4, -0.2) is 77.2 Å². The van der Waals surface area contributed by atoms with Crippen LogP contribution in [0.2, 0.25) is 18.1 Å². The van der Waals surface area contributed by atoms with Gasteiger partial charge in [-0.1, -0.05) is 87.5 Å². The molecule has 1 saturated carbocycles. The van der Waals surface area contributed by atoms with Gasteiger partial charge in [-0.2, -0.15) is 0 Å². The van der Waals surface area contributed by atoms with Gasteiger partial charge in [0.15, 0.2) is 15.7 Å². The minimum Gasteiger partial charge on any atom is -0.412 e. The Hall–Kier alpha value is -1.57. The van der Waals surface area contributed by atoms with Crippen LogP contribution in [-0.2, 0) is 29.6 Å². The van der Waals surface area contributed by atoms with Crippen LogP contribution in [0.5, 0.6) is 0 Å². The van der Waals surface area contributed by atoms with E-state index in [2.05, 4.69) is 106 Å². The molecule has 6 nitrogen and oxygen atoms in total. The maximum atomic E-state index is 12.5. The van der Waals surface area contributed by atoms with Gasteiger partial charge in [0.25, 0.3) is 0 Å². The van der Waals surface area contributed by atoms with Gasteiger partial charge in [-0.3, -0.25) is 9.46 Å². The summed E-state index contributed by atoms with van der Waals surface area (Å²) < 4.78 is 37.8. The van der Waals surface area contributed by atoms with E-state index in [1.165, 1.54) is 16.7 Å². The summed E-state index contributed by atoms with van der Waals surface area (Å²) in [6.07, 6.45) is 8.98. The van der Waals surface area contributed by atoms with Gasteiger partial charge in [0.2, 0.25) is 0 Å². The third kappa shape index (κ3) is 10.5. The molecule has 5 atom stereocenters. The van der Waals surface area contributed by atoms with Gasteiger partial charge >= 0.3 is 0 Å². The zero-order valence-corrected chi connectivity index (χ0v) is 30.8. The largest absolute Gasteiger partial charge is 0.412 e. The first-order valence-electron chi connectivity index (χ1n) is 17.0. The Morgan fingerprint density at radius 3 is 2.24 bits per heavy atom. The minimum absolute atomic E-state index is 0.114. The lowest BCUT2D eigenvalue weighted by Crippen LogP contribution is -2.54. The van der Waals surface area contributed by atoms with Gasteiger partial charge in [0.05, 0.1) is 38.6 Å². The van der Waals surface area contributed by atoms with Crippen LogP contribution in [0.1, 0.15) is 58.9 Å². The average molecular weight is 656 g/mol. The Morgan fingerprint density at radius 1 is 0.956 bits per heavy atom. The fraction of sp³-hybridized carbons (Fsp3) is 0.622. The molecule has 1 aliphatic heterocycles. The van der Waals surface area contributed by atoms with Crippen molar-refractivity contribution in [2.75, 3.05) is 45.7 Å². The third-order valence-electron chi connectivity index (χ3n) is 9.94. The van der Waals surface area contributed by atoms with Gasteiger partial charge in [-0.15, -0.1) is 0 Å². The molecule has 0 spiro atoms. The molecule has 2 aromatic rings. The molecule has 1 aliphatic carbocycles. The molecule has 5 unspecified atom stereocenters. The number of benzene rings is 2. The summed E-state index contributed by atoms with van der Waals surface area (Å²) in [6.45, 7) is 19.9. The third-order valence-corrected chi connectivity index (χ3v) is 16.3. The molecule has 8 heteroatoms. The molecule has 0 radical (unpaired) electrons. The van der Waals surface area contributed by atoms with E-state index in [1.54, 1.807) is 6.66 Å². The van der Waals surface area contributed by atoms with Gasteiger partial charge in [0.1, 0.15) is 0 Å². The Morgan fingerprint density at radius 2 is 1.60 bits per heavy atom. The van der Waals surface area contributed by atoms with E-state index >= 15 is 0 Å². The lowest BCUT2D eigenvalue weighted by Gasteiger charge is -2.44. The average Bonchev–Trinajstić information content (AvgIpc) is 3.34. The molecule has 1 saturated heterocycles. The lowest BCUT2D eigenvalue weighted by atomic mass is 9.93. The van der Waals surface area contributed by atoms with E-state index < -0.39 is 15.7 Å². The van der Waals surface area contributed by atoms with Crippen molar-refractivity contribution in [2.24, 2.45) is 5.92 Å². The first-order valence-corrected chi connectivity index (χ1v) is 22.2. The molecule has 2 fully saturated rings. The summed E-state index contributed by atoms with van der Waals surface area (Å²) in [5, 5.41) is 0.139. The first-order chi connectivity index (χ1) is 21.4. The molecule has 2 aromatic carbocycles. The predicted molar refractivity (Wildman–Crippen MR) is 190 cm³/mol. The highest BCUT2D eigenvalue weighted by Gasteiger charge is 2.50. The fourth-order valence-corrected chi connectivity index (χ4v) is 9.08. The SMILES string of the molecule is CCOP(C)(=O)CC/C=C/CCC1C(OCc2ccc(-c3ccccc3)cc2)CC(O[Si](C)(C)C(C)(C)C)C1N1CCOCC1. The molecule has 1 heterocycles. The molecule has 2 aliphatic rings. The molecule has 4 rings (SSSR count). The van der Waals surface area contributed by atoms with Crippen molar-refractivity contribution in [1.29, 1.82) is 0 Å². The Kier molecular flexibility index (Phi) is 13.3. The lowest BCUT2D eigenvalue weighted by molar-refractivity contribution is -0.0340. The highest BCUT2D eigenvalue weighted by atomic mass is 31.2. The summed E-state index contributed by atoms with van der Waals surface area (Å²) in [4.78, 5) is 2.63. The number of ether oxygens (including phenoxy) is 2. The van der Waals surface area contributed by atoms with E-state index in [0.29, 0.717) is 31.3 Å². The van der Waals surface area contributed by atoms with E-state index in [-0.39, 0.29) is 17.2 Å². The summed E-state index contributed by atoms with van der Waals surface area (Å²) in [5.41, 5.74) is 3.65. The van der Waals surface area contributed by atoms with E-state index in [9.17, 15) is 4.57 Å². The second-order valence-electron chi connectivity index (χ2n) is 14.4. The molecule has 0 bridgehead atoms. The number of rotatable bonds is 15. The van der Waals surface area contributed by atoms with Crippen molar-refractivity contribution in [3.63, 3.8) is 0 Å². The smallest absolute Gasteiger partial charge is 0.200 e. The van der Waals surface area contributed by atoms with Crippen LogP contribution in [0, 0.1) is 5.92 Å². The van der Waals surface area contributed by atoms with Crippen LogP contribution >= 0.6 is 7.37 Å². The van der Waals surface area contributed by atoms with Gasteiger partial charge in [-0.05, 0) is 61.0 Å². The summed E-state index contributed by atoms with van der Waals surface area (Å²) in [6, 6.07) is 19.6. The minimum atomic E-state index is -2.50. The molecule has 45 heavy (non-hydrogen) atoms. The van der Waals surface area contributed by atoms with Gasteiger partial charge < -0.3 is 18.4 Å². The zero-order chi connectivity index (χ0) is 32.5. The van der Waals surface area contributed by atoms with Crippen molar-refractivity contribution in [3.8, 4) is 11.1 Å². The summed E-state index contributed by atoms with van der Waals surface area (Å²) >= 11 is 0. The number of hydrogen-bond acceptors (Lipinski definition) is 6. The van der Waals surface area contributed by atoms with Crippen molar-refractivity contribution >= 4 is 15.7 Å². The maximum Gasteiger partial charge on any atom is 0.200 e. The van der Waals surface area contributed by atoms with Crippen molar-refractivity contribution in [2.45, 2.75) is 96.4 Å². The van der Waals surface area contributed by atoms with E-state index in [4.69, 9.17) is 18.4 Å². The predicted octanol–water partition coefficient (Wildman–Crippen LogP) is 9.02. The van der Waals surface area contributed by atoms with Crippen molar-refractivity contribution in [3.05, 3.63) is 72.3 Å². The van der Waals surface area contributed by atoms with Crippen LogP contribution < -0.4 is 0 Å². The molecule has 0 amide bonds. The van der Waals surface area contributed by atoms with Crippen LogP contribution in [0.15, 0.2) is 66.7 Å². The van der Waals surface area contributed by atoms with Crippen LogP contribution in [0.25, 0.3) is 11.1 Å². The number of allylic oxidation sites excluding steroid dienone is 2. The van der Waals surface area contributed by atoms with Crippen LogP contribution in [0.4, 0.5) is 0 Å². The normalized spacial score (nSPS) is 24.7. The summed E-state index contributed by atoms with van der Waals surface area (Å²) in [5.74, 6) is 0.354. The fourth-order valence-electron chi connectivity index (χ4n) is 6.44. The molecule has 0 N–H and O–H groups in total. The van der Waals surface area contributed by atoms with Crippen LogP contribution in [0.3, 0.4) is 0 Å².